The summed E-state index contributed by atoms with van der Waals surface area (Å²) in [5.41, 5.74) is 5.55. The second kappa shape index (κ2) is 6.65. The molecule has 1 saturated heterocycles. The number of hydrogen-bond acceptors (Lipinski definition) is 3. The molecule has 1 fully saturated rings. The van der Waals surface area contributed by atoms with Crippen LogP contribution in [0.15, 0.2) is 85.2 Å². The lowest BCUT2D eigenvalue weighted by atomic mass is 10.0. The summed E-state index contributed by atoms with van der Waals surface area (Å²) in [6.45, 7) is 2.17. The Balaban J connectivity index is 1.39. The lowest BCUT2D eigenvalue weighted by Crippen LogP contribution is -2.23. The molecule has 4 aromatic rings. The number of para-hydroxylation sites is 2. The molecule has 4 nitrogen and oxygen atoms in total. The molecule has 1 aromatic heterocycles. The van der Waals surface area contributed by atoms with Crippen molar-refractivity contribution in [3.8, 4) is 5.69 Å². The smallest absolute Gasteiger partial charge is 0.135 e. The Labute approximate surface area is 158 Å². The zero-order chi connectivity index (χ0) is 18.2. The molecule has 1 aliphatic rings. The first-order valence-electron chi connectivity index (χ1n) is 9.28. The molecule has 5 rings (SSSR count). The molecule has 0 bridgehead atoms. The van der Waals surface area contributed by atoms with E-state index in [1.807, 2.05) is 30.6 Å². The van der Waals surface area contributed by atoms with E-state index in [-0.39, 0.29) is 18.4 Å². The maximum atomic E-state index is 6.32. The maximum absolute atomic E-state index is 6.32. The fourth-order valence-electron chi connectivity index (χ4n) is 3.79. The van der Waals surface area contributed by atoms with Gasteiger partial charge in [0.15, 0.2) is 0 Å². The van der Waals surface area contributed by atoms with Gasteiger partial charge >= 0.3 is 0 Å². The van der Waals surface area contributed by atoms with E-state index in [4.69, 9.17) is 4.74 Å². The molecule has 4 heteroatoms. The summed E-state index contributed by atoms with van der Waals surface area (Å²) in [5.74, 6) is 0. The number of benzene rings is 3. The van der Waals surface area contributed by atoms with Gasteiger partial charge in [-0.3, -0.25) is 9.88 Å². The monoisotopic (exact) mass is 355 g/mol. The Morgan fingerprint density at radius 1 is 0.852 bits per heavy atom. The molecule has 27 heavy (non-hydrogen) atoms. The van der Waals surface area contributed by atoms with Gasteiger partial charge < -0.3 is 4.74 Å². The average molecular weight is 355 g/mol. The van der Waals surface area contributed by atoms with Crippen molar-refractivity contribution in [1.82, 2.24) is 14.9 Å². The highest BCUT2D eigenvalue weighted by Crippen LogP contribution is 2.35. The van der Waals surface area contributed by atoms with Crippen LogP contribution in [0.1, 0.15) is 30.4 Å². The molecule has 0 spiro atoms. The SMILES string of the molecule is C[C@H]1N[C@@H](c2ccc(-n3cnc4ccccc43)cc2)O[C@@H]1c1ccccc1. The van der Waals surface area contributed by atoms with E-state index < -0.39 is 0 Å². The highest BCUT2D eigenvalue weighted by atomic mass is 16.5. The number of imidazole rings is 1. The van der Waals surface area contributed by atoms with Gasteiger partial charge in [0.25, 0.3) is 0 Å². The van der Waals surface area contributed by atoms with Crippen LogP contribution < -0.4 is 5.32 Å². The lowest BCUT2D eigenvalue weighted by Gasteiger charge is -2.15. The molecule has 2 heterocycles. The number of fused-ring (bicyclic) bond motifs is 1. The van der Waals surface area contributed by atoms with Crippen molar-refractivity contribution in [1.29, 1.82) is 0 Å². The van der Waals surface area contributed by atoms with E-state index in [2.05, 4.69) is 76.4 Å². The van der Waals surface area contributed by atoms with Gasteiger partial charge in [0, 0.05) is 11.7 Å². The molecule has 3 aromatic carbocycles. The van der Waals surface area contributed by atoms with Crippen LogP contribution in [0.2, 0.25) is 0 Å². The van der Waals surface area contributed by atoms with Crippen LogP contribution in [0, 0.1) is 0 Å². The van der Waals surface area contributed by atoms with Crippen molar-refractivity contribution < 1.29 is 4.74 Å². The molecule has 0 amide bonds. The van der Waals surface area contributed by atoms with Gasteiger partial charge in [0.05, 0.1) is 11.0 Å². The topological polar surface area (TPSA) is 39.1 Å². The second-order valence-electron chi connectivity index (χ2n) is 7.00. The van der Waals surface area contributed by atoms with Gasteiger partial charge in [-0.1, -0.05) is 54.6 Å². The predicted molar refractivity (Wildman–Crippen MR) is 107 cm³/mol. The highest BCUT2D eigenvalue weighted by Gasteiger charge is 2.33. The minimum Gasteiger partial charge on any atom is -0.350 e. The van der Waals surface area contributed by atoms with E-state index in [1.165, 1.54) is 5.56 Å². The van der Waals surface area contributed by atoms with Gasteiger partial charge in [-0.2, -0.15) is 0 Å². The van der Waals surface area contributed by atoms with Crippen molar-refractivity contribution in [2.45, 2.75) is 25.3 Å². The van der Waals surface area contributed by atoms with Gasteiger partial charge in [-0.25, -0.2) is 4.98 Å². The molecule has 0 aliphatic carbocycles. The van der Waals surface area contributed by atoms with Crippen LogP contribution in [0.3, 0.4) is 0 Å². The Bertz CT molecular complexity index is 1060. The number of hydrogen-bond donors (Lipinski definition) is 1. The molecule has 1 N–H and O–H groups in total. The van der Waals surface area contributed by atoms with Crippen LogP contribution >= 0.6 is 0 Å². The van der Waals surface area contributed by atoms with Gasteiger partial charge in [0.1, 0.15) is 18.7 Å². The third-order valence-electron chi connectivity index (χ3n) is 5.21. The summed E-state index contributed by atoms with van der Waals surface area (Å²) in [5, 5.41) is 3.56. The van der Waals surface area contributed by atoms with Crippen molar-refractivity contribution in [3.63, 3.8) is 0 Å². The van der Waals surface area contributed by atoms with Crippen LogP contribution in [-0.4, -0.2) is 15.6 Å². The Hall–Kier alpha value is -2.95. The van der Waals surface area contributed by atoms with E-state index >= 15 is 0 Å². The molecular formula is C23H21N3O. The summed E-state index contributed by atoms with van der Waals surface area (Å²) >= 11 is 0. The normalized spacial score (nSPS) is 22.3. The number of rotatable bonds is 3. The largest absolute Gasteiger partial charge is 0.350 e. The summed E-state index contributed by atoms with van der Waals surface area (Å²) in [7, 11) is 0. The van der Waals surface area contributed by atoms with Gasteiger partial charge in [-0.15, -0.1) is 0 Å². The number of ether oxygens (including phenoxy) is 1. The Kier molecular flexibility index (Phi) is 4.00. The van der Waals surface area contributed by atoms with E-state index in [9.17, 15) is 0 Å². The molecule has 0 unspecified atom stereocenters. The predicted octanol–water partition coefficient (Wildman–Crippen LogP) is 4.77. The summed E-state index contributed by atoms with van der Waals surface area (Å²) < 4.78 is 8.42. The van der Waals surface area contributed by atoms with Crippen molar-refractivity contribution >= 4 is 11.0 Å². The van der Waals surface area contributed by atoms with Crippen LogP contribution in [0.5, 0.6) is 0 Å². The minimum atomic E-state index is -0.0983. The quantitative estimate of drug-likeness (QED) is 0.575. The maximum Gasteiger partial charge on any atom is 0.135 e. The number of nitrogens with zero attached hydrogens (tertiary/aromatic N) is 2. The standard InChI is InChI=1S/C23H21N3O/c1-16-22(17-7-3-2-4-8-17)27-23(25-16)18-11-13-19(14-12-18)26-15-24-20-9-5-6-10-21(20)26/h2-16,22-23,25H,1H3/t16-,22+,23-/m1/s1. The molecule has 1 aliphatic heterocycles. The van der Waals surface area contributed by atoms with Crippen molar-refractivity contribution in [2.24, 2.45) is 0 Å². The highest BCUT2D eigenvalue weighted by molar-refractivity contribution is 5.77. The molecule has 0 saturated carbocycles. The lowest BCUT2D eigenvalue weighted by molar-refractivity contribution is 0.0363. The Morgan fingerprint density at radius 3 is 2.41 bits per heavy atom. The first-order chi connectivity index (χ1) is 13.3. The first kappa shape index (κ1) is 16.2. The number of aromatic nitrogens is 2. The first-order valence-corrected chi connectivity index (χ1v) is 9.28. The van der Waals surface area contributed by atoms with Gasteiger partial charge in [-0.05, 0) is 42.3 Å². The van der Waals surface area contributed by atoms with Crippen LogP contribution in [-0.2, 0) is 4.74 Å². The third-order valence-corrected chi connectivity index (χ3v) is 5.21. The summed E-state index contributed by atoms with van der Waals surface area (Å²) in [4.78, 5) is 4.47. The molecule has 3 atom stereocenters. The van der Waals surface area contributed by atoms with Crippen molar-refractivity contribution in [2.75, 3.05) is 0 Å². The Morgan fingerprint density at radius 2 is 1.59 bits per heavy atom. The van der Waals surface area contributed by atoms with Crippen LogP contribution in [0.25, 0.3) is 16.7 Å². The van der Waals surface area contributed by atoms with E-state index in [0.29, 0.717) is 0 Å². The molecule has 0 radical (unpaired) electrons. The minimum absolute atomic E-state index is 0.0634. The fourth-order valence-corrected chi connectivity index (χ4v) is 3.79. The zero-order valence-electron chi connectivity index (χ0n) is 15.1. The van der Waals surface area contributed by atoms with E-state index in [1.54, 1.807) is 0 Å². The molecular weight excluding hydrogens is 334 g/mol. The zero-order valence-corrected chi connectivity index (χ0v) is 15.1. The number of nitrogens with one attached hydrogen (secondary N) is 1. The van der Waals surface area contributed by atoms with Crippen molar-refractivity contribution in [3.05, 3.63) is 96.3 Å². The fraction of sp³-hybridized carbons (Fsp3) is 0.174. The summed E-state index contributed by atoms with van der Waals surface area (Å²) in [6.07, 6.45) is 1.84. The molecule has 134 valence electrons. The van der Waals surface area contributed by atoms with Gasteiger partial charge in [0.2, 0.25) is 0 Å². The summed E-state index contributed by atoms with van der Waals surface area (Å²) in [6, 6.07) is 27.3. The average Bonchev–Trinajstić information content (AvgIpc) is 3.33. The van der Waals surface area contributed by atoms with Crippen LogP contribution in [0.4, 0.5) is 0 Å². The third kappa shape index (κ3) is 2.93. The van der Waals surface area contributed by atoms with E-state index in [0.717, 1.165) is 22.3 Å². The second-order valence-corrected chi connectivity index (χ2v) is 7.00.